The quantitative estimate of drug-likeness (QED) is 0.866. The number of nitrogens with zero attached hydrogens (tertiary/aromatic N) is 1. The van der Waals surface area contributed by atoms with E-state index in [9.17, 15) is 21.6 Å². The van der Waals surface area contributed by atoms with Crippen molar-refractivity contribution in [1.82, 2.24) is 0 Å². The van der Waals surface area contributed by atoms with Crippen LogP contribution < -0.4 is 9.62 Å². The highest BCUT2D eigenvalue weighted by molar-refractivity contribution is 7.92. The van der Waals surface area contributed by atoms with Crippen LogP contribution in [0.5, 0.6) is 0 Å². The van der Waals surface area contributed by atoms with Crippen molar-refractivity contribution >= 4 is 33.0 Å². The number of hydrogen-bond donors (Lipinski definition) is 1. The summed E-state index contributed by atoms with van der Waals surface area (Å²) >= 11 is 5.88. The molecule has 0 saturated carbocycles. The first-order valence-corrected chi connectivity index (χ1v) is 8.54. The molecule has 4 nitrogen and oxygen atoms in total. The van der Waals surface area contributed by atoms with Gasteiger partial charge in [-0.2, -0.15) is 13.2 Å². The Balaban J connectivity index is 2.45. The van der Waals surface area contributed by atoms with Gasteiger partial charge in [0.05, 0.1) is 21.8 Å². The van der Waals surface area contributed by atoms with Crippen molar-refractivity contribution in [2.45, 2.75) is 11.1 Å². The zero-order valence-corrected chi connectivity index (χ0v) is 14.3. The van der Waals surface area contributed by atoms with Crippen molar-refractivity contribution in [3.8, 4) is 0 Å². The molecule has 0 radical (unpaired) electrons. The molecule has 0 aromatic heterocycles. The van der Waals surface area contributed by atoms with Gasteiger partial charge < -0.3 is 4.90 Å². The fourth-order valence-electron chi connectivity index (χ4n) is 2.02. The topological polar surface area (TPSA) is 49.4 Å². The van der Waals surface area contributed by atoms with Crippen molar-refractivity contribution in [1.29, 1.82) is 0 Å². The number of halogens is 4. The van der Waals surface area contributed by atoms with Crippen LogP contribution in [0.25, 0.3) is 0 Å². The summed E-state index contributed by atoms with van der Waals surface area (Å²) < 4.78 is 65.4. The number of hydrogen-bond acceptors (Lipinski definition) is 3. The van der Waals surface area contributed by atoms with Gasteiger partial charge in [0, 0.05) is 19.1 Å². The van der Waals surface area contributed by atoms with E-state index in [4.69, 9.17) is 11.6 Å². The fraction of sp³-hybridized carbons (Fsp3) is 0.200. The number of anilines is 2. The summed E-state index contributed by atoms with van der Waals surface area (Å²) in [5.41, 5.74) is -0.343. The molecular formula is C15H14ClF3N2O2S. The van der Waals surface area contributed by atoms with E-state index in [0.29, 0.717) is 16.8 Å². The molecule has 0 aliphatic rings. The lowest BCUT2D eigenvalue weighted by atomic mass is 10.2. The van der Waals surface area contributed by atoms with Crippen LogP contribution in [-0.4, -0.2) is 22.5 Å². The molecule has 0 heterocycles. The zero-order chi connectivity index (χ0) is 18.1. The predicted molar refractivity (Wildman–Crippen MR) is 88.0 cm³/mol. The molecule has 0 spiro atoms. The molecule has 130 valence electrons. The summed E-state index contributed by atoms with van der Waals surface area (Å²) in [5.74, 6) is 0. The first kappa shape index (κ1) is 18.4. The van der Waals surface area contributed by atoms with Gasteiger partial charge in [-0.15, -0.1) is 0 Å². The second kappa shape index (κ2) is 6.52. The first-order valence-electron chi connectivity index (χ1n) is 6.67. The monoisotopic (exact) mass is 378 g/mol. The van der Waals surface area contributed by atoms with Gasteiger partial charge in [0.15, 0.2) is 0 Å². The number of alkyl halides is 3. The highest BCUT2D eigenvalue weighted by atomic mass is 35.5. The molecule has 0 aliphatic carbocycles. The number of nitrogens with one attached hydrogen (secondary N) is 1. The smallest absolute Gasteiger partial charge is 0.376 e. The molecule has 2 aromatic rings. The summed E-state index contributed by atoms with van der Waals surface area (Å²) in [7, 11) is -0.805. The molecular weight excluding hydrogens is 365 g/mol. The van der Waals surface area contributed by atoms with Crippen LogP contribution >= 0.6 is 11.6 Å². The molecule has 24 heavy (non-hydrogen) atoms. The van der Waals surface area contributed by atoms with E-state index in [1.54, 1.807) is 31.1 Å². The van der Waals surface area contributed by atoms with E-state index < -0.39 is 26.7 Å². The standard InChI is InChI=1S/C15H14ClF3N2O2S/c1-21(2)14-7-6-11(16)9-13(14)20-24(22,23)12-5-3-4-10(8-12)15(17,18)19/h3-9,20H,1-2H3. The molecule has 0 aliphatic heterocycles. The lowest BCUT2D eigenvalue weighted by Crippen LogP contribution is -2.18. The van der Waals surface area contributed by atoms with Crippen LogP contribution in [0.3, 0.4) is 0 Å². The van der Waals surface area contributed by atoms with E-state index in [-0.39, 0.29) is 5.69 Å². The average Bonchev–Trinajstić information content (AvgIpc) is 2.46. The Hall–Kier alpha value is -1.93. The first-order chi connectivity index (χ1) is 11.0. The van der Waals surface area contributed by atoms with Gasteiger partial charge in [0.2, 0.25) is 0 Å². The molecule has 0 amide bonds. The van der Waals surface area contributed by atoms with Gasteiger partial charge in [0.1, 0.15) is 0 Å². The normalized spacial score (nSPS) is 12.1. The maximum absolute atomic E-state index is 12.8. The predicted octanol–water partition coefficient (Wildman–Crippen LogP) is 4.23. The molecule has 0 unspecified atom stereocenters. The van der Waals surface area contributed by atoms with E-state index in [1.807, 2.05) is 0 Å². The van der Waals surface area contributed by atoms with Crippen LogP contribution in [0, 0.1) is 0 Å². The van der Waals surface area contributed by atoms with Gasteiger partial charge in [-0.25, -0.2) is 8.42 Å². The summed E-state index contributed by atoms with van der Waals surface area (Å²) in [5, 5.41) is 0.294. The Morgan fingerprint density at radius 1 is 1.08 bits per heavy atom. The van der Waals surface area contributed by atoms with Crippen LogP contribution in [0.2, 0.25) is 5.02 Å². The highest BCUT2D eigenvalue weighted by Gasteiger charge is 2.31. The van der Waals surface area contributed by atoms with Crippen LogP contribution in [0.15, 0.2) is 47.4 Å². The number of benzene rings is 2. The minimum atomic E-state index is -4.63. The van der Waals surface area contributed by atoms with Crippen LogP contribution in [0.4, 0.5) is 24.5 Å². The second-order valence-corrected chi connectivity index (χ2v) is 7.31. The molecule has 2 aromatic carbocycles. The molecule has 0 saturated heterocycles. The lowest BCUT2D eigenvalue weighted by Gasteiger charge is -2.19. The van der Waals surface area contributed by atoms with Crippen molar-refractivity contribution < 1.29 is 21.6 Å². The Kier molecular flexibility index (Phi) is 5.00. The summed E-state index contributed by atoms with van der Waals surface area (Å²) in [6.07, 6.45) is -4.63. The maximum atomic E-state index is 12.8. The van der Waals surface area contributed by atoms with Crippen molar-refractivity contribution in [3.63, 3.8) is 0 Å². The van der Waals surface area contributed by atoms with E-state index in [0.717, 1.165) is 18.2 Å². The van der Waals surface area contributed by atoms with Crippen LogP contribution in [0.1, 0.15) is 5.56 Å². The minimum Gasteiger partial charge on any atom is -0.376 e. The van der Waals surface area contributed by atoms with E-state index >= 15 is 0 Å². The van der Waals surface area contributed by atoms with Crippen LogP contribution in [-0.2, 0) is 16.2 Å². The molecule has 0 bridgehead atoms. The second-order valence-electron chi connectivity index (χ2n) is 5.19. The summed E-state index contributed by atoms with van der Waals surface area (Å²) in [6.45, 7) is 0. The zero-order valence-electron chi connectivity index (χ0n) is 12.7. The fourth-order valence-corrected chi connectivity index (χ4v) is 3.31. The van der Waals surface area contributed by atoms with Crippen molar-refractivity contribution in [2.75, 3.05) is 23.7 Å². The SMILES string of the molecule is CN(C)c1ccc(Cl)cc1NS(=O)(=O)c1cccc(C(F)(F)F)c1. The molecule has 2 rings (SSSR count). The highest BCUT2D eigenvalue weighted by Crippen LogP contribution is 2.32. The summed E-state index contributed by atoms with van der Waals surface area (Å²) in [6, 6.07) is 8.11. The molecule has 0 fully saturated rings. The third-order valence-corrected chi connectivity index (χ3v) is 4.75. The number of sulfonamides is 1. The molecule has 0 atom stereocenters. The van der Waals surface area contributed by atoms with E-state index in [2.05, 4.69) is 4.72 Å². The third kappa shape index (κ3) is 4.12. The van der Waals surface area contributed by atoms with Gasteiger partial charge in [0.25, 0.3) is 10.0 Å². The Morgan fingerprint density at radius 2 is 1.75 bits per heavy atom. The minimum absolute atomic E-state index is 0.171. The summed E-state index contributed by atoms with van der Waals surface area (Å²) in [4.78, 5) is 1.17. The molecule has 9 heteroatoms. The Labute approximate surface area is 142 Å². The Bertz CT molecular complexity index is 852. The maximum Gasteiger partial charge on any atom is 0.416 e. The van der Waals surface area contributed by atoms with Crippen molar-refractivity contribution in [2.24, 2.45) is 0 Å². The largest absolute Gasteiger partial charge is 0.416 e. The number of rotatable bonds is 4. The van der Waals surface area contributed by atoms with E-state index in [1.165, 1.54) is 6.07 Å². The lowest BCUT2D eigenvalue weighted by molar-refractivity contribution is -0.137. The van der Waals surface area contributed by atoms with Crippen molar-refractivity contribution in [3.05, 3.63) is 53.1 Å². The van der Waals surface area contributed by atoms with Gasteiger partial charge in [-0.3, -0.25) is 4.72 Å². The third-order valence-electron chi connectivity index (χ3n) is 3.16. The average molecular weight is 379 g/mol. The van der Waals surface area contributed by atoms with Gasteiger partial charge in [-0.1, -0.05) is 17.7 Å². The Morgan fingerprint density at radius 3 is 2.33 bits per heavy atom. The van der Waals surface area contributed by atoms with Gasteiger partial charge in [-0.05, 0) is 36.4 Å². The molecule has 1 N–H and O–H groups in total. The van der Waals surface area contributed by atoms with Gasteiger partial charge >= 0.3 is 6.18 Å².